The average molecular weight is 470 g/mol. The van der Waals surface area contributed by atoms with E-state index in [0.717, 1.165) is 11.3 Å². The number of carbonyl (C=O) groups excluding carboxylic acids is 3. The summed E-state index contributed by atoms with van der Waals surface area (Å²) in [5, 5.41) is 5.08. The first-order valence-corrected chi connectivity index (χ1v) is 12.5. The number of ether oxygens (including phenoxy) is 1. The van der Waals surface area contributed by atoms with Crippen LogP contribution in [0.1, 0.15) is 47.8 Å². The van der Waals surface area contributed by atoms with Crippen molar-refractivity contribution in [3.05, 3.63) is 52.2 Å². The molecule has 1 aromatic carbocycles. The third-order valence-electron chi connectivity index (χ3n) is 6.82. The molecule has 1 atom stereocenters. The van der Waals surface area contributed by atoms with Crippen LogP contribution in [0.15, 0.2) is 41.8 Å². The number of thiophene rings is 1. The molecule has 0 radical (unpaired) electrons. The maximum atomic E-state index is 13.6. The second-order valence-corrected chi connectivity index (χ2v) is 9.74. The number of nitrogens with zero attached hydrogens (tertiary/aromatic N) is 2. The molecule has 2 saturated heterocycles. The van der Waals surface area contributed by atoms with Crippen molar-refractivity contribution in [3.8, 4) is 5.75 Å². The summed E-state index contributed by atoms with van der Waals surface area (Å²) in [4.78, 5) is 43.8. The fraction of sp³-hybridized carbons (Fsp3) is 0.480. The molecular weight excluding hydrogens is 438 g/mol. The van der Waals surface area contributed by atoms with Crippen LogP contribution in [0.3, 0.4) is 0 Å². The fourth-order valence-corrected chi connectivity index (χ4v) is 5.83. The van der Waals surface area contributed by atoms with Gasteiger partial charge in [-0.25, -0.2) is 4.79 Å². The van der Waals surface area contributed by atoms with E-state index < -0.39 is 5.54 Å². The number of imide groups is 1. The number of amides is 4. The third kappa shape index (κ3) is 4.49. The van der Waals surface area contributed by atoms with E-state index in [2.05, 4.69) is 5.32 Å². The summed E-state index contributed by atoms with van der Waals surface area (Å²) >= 11 is 1.63. The molecule has 2 fully saturated rings. The Morgan fingerprint density at radius 3 is 2.61 bits per heavy atom. The number of benzene rings is 1. The zero-order valence-electron chi connectivity index (χ0n) is 19.2. The van der Waals surface area contributed by atoms with E-state index in [9.17, 15) is 14.4 Å². The Morgan fingerprint density at radius 2 is 1.94 bits per heavy atom. The van der Waals surface area contributed by atoms with Crippen LogP contribution >= 0.6 is 11.3 Å². The van der Waals surface area contributed by atoms with Crippen LogP contribution in [0.25, 0.3) is 0 Å². The van der Waals surface area contributed by atoms with Crippen LogP contribution in [0.5, 0.6) is 5.75 Å². The summed E-state index contributed by atoms with van der Waals surface area (Å²) in [6, 6.07) is 10.9. The zero-order chi connectivity index (χ0) is 23.4. The highest BCUT2D eigenvalue weighted by molar-refractivity contribution is 7.09. The quantitative estimate of drug-likeness (QED) is 0.594. The van der Waals surface area contributed by atoms with Gasteiger partial charge in [0.2, 0.25) is 0 Å². The number of hydrogen-bond donors (Lipinski definition) is 1. The third-order valence-corrected chi connectivity index (χ3v) is 7.76. The molecular formula is C25H31N3O4S. The summed E-state index contributed by atoms with van der Waals surface area (Å²) in [6.07, 6.45) is 3.42. The Morgan fingerprint density at radius 1 is 1.18 bits per heavy atom. The molecule has 176 valence electrons. The van der Waals surface area contributed by atoms with Gasteiger partial charge >= 0.3 is 6.03 Å². The van der Waals surface area contributed by atoms with Crippen molar-refractivity contribution in [2.75, 3.05) is 26.7 Å². The number of carbonyl (C=O) groups is 3. The predicted molar refractivity (Wildman–Crippen MR) is 128 cm³/mol. The van der Waals surface area contributed by atoms with E-state index in [4.69, 9.17) is 4.74 Å². The Balaban J connectivity index is 1.45. The molecule has 0 saturated carbocycles. The van der Waals surface area contributed by atoms with Crippen LogP contribution in [-0.2, 0) is 11.2 Å². The number of para-hydroxylation sites is 1. The van der Waals surface area contributed by atoms with Crippen molar-refractivity contribution in [1.29, 1.82) is 0 Å². The minimum Gasteiger partial charge on any atom is -0.496 e. The lowest BCUT2D eigenvalue weighted by Gasteiger charge is -2.41. The number of hydrogen-bond acceptors (Lipinski definition) is 5. The normalized spacial score (nSPS) is 21.4. The monoisotopic (exact) mass is 469 g/mol. The minimum atomic E-state index is -0.874. The first-order valence-electron chi connectivity index (χ1n) is 11.6. The molecule has 0 bridgehead atoms. The molecule has 8 heteroatoms. The van der Waals surface area contributed by atoms with Crippen molar-refractivity contribution >= 4 is 29.2 Å². The van der Waals surface area contributed by atoms with Crippen LogP contribution < -0.4 is 10.1 Å². The molecule has 0 unspecified atom stereocenters. The van der Waals surface area contributed by atoms with Crippen molar-refractivity contribution in [2.24, 2.45) is 5.92 Å². The molecule has 2 aliphatic heterocycles. The van der Waals surface area contributed by atoms with Gasteiger partial charge in [-0.2, -0.15) is 0 Å². The standard InChI is InChI=1S/C25H31N3O4S/c1-3-13-25(23(30)28(24(31)26-25)16-12-19-7-6-17-33-19)18-10-14-27(15-11-18)22(29)20-8-4-5-9-21(20)32-2/h4-9,17-18H,3,10-16H2,1-2H3,(H,26,31)/t25-/m0/s1. The molecule has 33 heavy (non-hydrogen) atoms. The Hall–Kier alpha value is -2.87. The largest absolute Gasteiger partial charge is 0.496 e. The minimum absolute atomic E-state index is 0.00218. The van der Waals surface area contributed by atoms with Crippen LogP contribution in [-0.4, -0.2) is 59.9 Å². The molecule has 1 aromatic heterocycles. The second-order valence-electron chi connectivity index (χ2n) is 8.70. The topological polar surface area (TPSA) is 79.0 Å². The average Bonchev–Trinajstić information content (AvgIpc) is 3.44. The lowest BCUT2D eigenvalue weighted by molar-refractivity contribution is -0.134. The maximum absolute atomic E-state index is 13.6. The van der Waals surface area contributed by atoms with E-state index in [0.29, 0.717) is 56.6 Å². The zero-order valence-corrected chi connectivity index (χ0v) is 20.0. The maximum Gasteiger partial charge on any atom is 0.325 e. The van der Waals surface area contributed by atoms with Crippen molar-refractivity contribution < 1.29 is 19.1 Å². The van der Waals surface area contributed by atoms with E-state index in [1.165, 1.54) is 4.90 Å². The van der Waals surface area contributed by atoms with Gasteiger partial charge in [-0.15, -0.1) is 11.3 Å². The van der Waals surface area contributed by atoms with Gasteiger partial charge in [0.05, 0.1) is 12.7 Å². The highest BCUT2D eigenvalue weighted by atomic mass is 32.1. The molecule has 0 aliphatic carbocycles. The van der Waals surface area contributed by atoms with Gasteiger partial charge in [-0.3, -0.25) is 14.5 Å². The first kappa shape index (κ1) is 23.3. The number of nitrogens with one attached hydrogen (secondary N) is 1. The van der Waals surface area contributed by atoms with Crippen molar-refractivity contribution in [2.45, 2.75) is 44.6 Å². The van der Waals surface area contributed by atoms with Crippen molar-refractivity contribution in [1.82, 2.24) is 15.1 Å². The van der Waals surface area contributed by atoms with Crippen LogP contribution in [0.4, 0.5) is 4.79 Å². The molecule has 2 aliphatic rings. The SMILES string of the molecule is CCC[C@@]1(C2CCN(C(=O)c3ccccc3OC)CC2)NC(=O)N(CCc2cccs2)C1=O. The summed E-state index contributed by atoms with van der Waals surface area (Å²) < 4.78 is 5.35. The summed E-state index contributed by atoms with van der Waals surface area (Å²) in [6.45, 7) is 3.52. The lowest BCUT2D eigenvalue weighted by atomic mass is 9.74. The molecule has 4 rings (SSSR count). The Labute approximate surface area is 198 Å². The van der Waals surface area contributed by atoms with Gasteiger partial charge in [-0.05, 0) is 55.2 Å². The predicted octanol–water partition coefficient (Wildman–Crippen LogP) is 3.94. The molecule has 0 spiro atoms. The first-order chi connectivity index (χ1) is 16.0. The van der Waals surface area contributed by atoms with Crippen LogP contribution in [0.2, 0.25) is 0 Å². The van der Waals surface area contributed by atoms with Gasteiger partial charge in [0.1, 0.15) is 11.3 Å². The fourth-order valence-electron chi connectivity index (χ4n) is 5.14. The summed E-state index contributed by atoms with van der Waals surface area (Å²) in [7, 11) is 1.56. The van der Waals surface area contributed by atoms with E-state index in [1.54, 1.807) is 30.6 Å². The van der Waals surface area contributed by atoms with Gasteiger partial charge in [-0.1, -0.05) is 31.5 Å². The molecule has 2 aromatic rings. The molecule has 1 N–H and O–H groups in total. The van der Waals surface area contributed by atoms with Crippen molar-refractivity contribution in [3.63, 3.8) is 0 Å². The van der Waals surface area contributed by atoms with E-state index in [1.807, 2.05) is 41.5 Å². The van der Waals surface area contributed by atoms with Crippen LogP contribution in [0, 0.1) is 5.92 Å². The number of urea groups is 1. The highest BCUT2D eigenvalue weighted by Gasteiger charge is 2.55. The summed E-state index contributed by atoms with van der Waals surface area (Å²) in [5.41, 5.74) is -0.326. The molecule has 4 amide bonds. The highest BCUT2D eigenvalue weighted by Crippen LogP contribution is 2.37. The number of rotatable bonds is 8. The Kier molecular flexibility index (Phi) is 7.02. The smallest absolute Gasteiger partial charge is 0.325 e. The number of methoxy groups -OCH3 is 1. The van der Waals surface area contributed by atoms with E-state index in [-0.39, 0.29) is 23.8 Å². The second kappa shape index (κ2) is 9.95. The molecule has 7 nitrogen and oxygen atoms in total. The van der Waals surface area contributed by atoms with Gasteiger partial charge in [0, 0.05) is 24.5 Å². The lowest BCUT2D eigenvalue weighted by Crippen LogP contribution is -2.56. The van der Waals surface area contributed by atoms with E-state index >= 15 is 0 Å². The number of likely N-dealkylation sites (tertiary alicyclic amines) is 1. The summed E-state index contributed by atoms with van der Waals surface area (Å²) in [5.74, 6) is 0.393. The molecule has 3 heterocycles. The number of piperidine rings is 1. The van der Waals surface area contributed by atoms with Gasteiger partial charge in [0.15, 0.2) is 0 Å². The van der Waals surface area contributed by atoms with Gasteiger partial charge in [0.25, 0.3) is 11.8 Å². The van der Waals surface area contributed by atoms with Gasteiger partial charge < -0.3 is 15.0 Å². The Bertz CT molecular complexity index is 1000.